The molecule has 0 fully saturated rings. The number of thiophene rings is 1. The number of rotatable bonds is 12. The fourth-order valence-electron chi connectivity index (χ4n) is 2.37. The highest BCUT2D eigenvalue weighted by Crippen LogP contribution is 2.28. The largest absolute Gasteiger partial charge is 0.478 e. The van der Waals surface area contributed by atoms with E-state index in [1.54, 1.807) is 0 Å². The Morgan fingerprint density at radius 1 is 1.15 bits per heavy atom. The molecule has 0 aliphatic rings. The molecule has 0 aliphatic carbocycles. The second-order valence-corrected chi connectivity index (χ2v) is 7.21. The van der Waals surface area contributed by atoms with E-state index in [9.17, 15) is 24.3 Å². The first-order chi connectivity index (χ1) is 12.9. The lowest BCUT2D eigenvalue weighted by molar-refractivity contribution is 0.0698. The number of aromatic carboxylic acids is 1. The van der Waals surface area contributed by atoms with Gasteiger partial charge < -0.3 is 15.2 Å². The Bertz CT molecular complexity index is 824. The normalized spacial score (nSPS) is 10.9. The molecule has 0 unspecified atom stereocenters. The lowest BCUT2D eigenvalue weighted by Gasteiger charge is -2.06. The molecule has 3 N–H and O–H groups in total. The molecule has 148 valence electrons. The monoisotopic (exact) mass is 397 g/mol. The summed E-state index contributed by atoms with van der Waals surface area (Å²) in [6, 6.07) is 1.38. The SMILES string of the molecule is CCCCCCCCOC(=O)NCc1cc(C(=O)O)c(Nn2c(=O)c2=O)s1. The Labute approximate surface area is 159 Å². The van der Waals surface area contributed by atoms with E-state index in [0.29, 0.717) is 11.5 Å². The van der Waals surface area contributed by atoms with Gasteiger partial charge in [0.05, 0.1) is 18.7 Å². The van der Waals surface area contributed by atoms with Gasteiger partial charge in [0.25, 0.3) is 0 Å². The molecular formula is C17H23N3O6S. The maximum atomic E-state index is 11.7. The second-order valence-electron chi connectivity index (χ2n) is 6.08. The fraction of sp³-hybridized carbons (Fsp3) is 0.529. The van der Waals surface area contributed by atoms with Crippen LogP contribution in [-0.4, -0.2) is 28.5 Å². The van der Waals surface area contributed by atoms with Gasteiger partial charge in [0.1, 0.15) is 5.00 Å². The van der Waals surface area contributed by atoms with Gasteiger partial charge in [0, 0.05) is 4.88 Å². The number of unbranched alkanes of at least 4 members (excludes halogenated alkanes) is 5. The third-order valence-corrected chi connectivity index (χ3v) is 4.94. The van der Waals surface area contributed by atoms with Crippen LogP contribution in [0.2, 0.25) is 0 Å². The van der Waals surface area contributed by atoms with Crippen molar-refractivity contribution >= 4 is 28.4 Å². The molecule has 0 bridgehead atoms. The summed E-state index contributed by atoms with van der Waals surface area (Å²) < 4.78 is 5.81. The van der Waals surface area contributed by atoms with Crippen molar-refractivity contribution in [2.75, 3.05) is 12.0 Å². The highest BCUT2D eigenvalue weighted by molar-refractivity contribution is 7.16. The highest BCUT2D eigenvalue weighted by Gasteiger charge is 2.21. The molecule has 2 rings (SSSR count). The van der Waals surface area contributed by atoms with Gasteiger partial charge in [-0.1, -0.05) is 39.0 Å². The molecule has 27 heavy (non-hydrogen) atoms. The lowest BCUT2D eigenvalue weighted by atomic mass is 10.1. The predicted molar refractivity (Wildman–Crippen MR) is 101 cm³/mol. The van der Waals surface area contributed by atoms with Crippen LogP contribution >= 0.6 is 11.3 Å². The zero-order valence-electron chi connectivity index (χ0n) is 15.1. The number of hydrogen-bond acceptors (Lipinski definition) is 7. The standard InChI is InChI=1S/C17H23N3O6S/c1-2-3-4-5-6-7-8-26-17(25)18-10-11-9-12(16(23)24)13(27-11)19-20-14(21)15(20)22/h9,19H,2-8,10H2,1H3,(H,18,25)(H,23,24). The number of nitrogens with one attached hydrogen (secondary N) is 2. The Hall–Kier alpha value is -2.62. The van der Waals surface area contributed by atoms with Crippen molar-refractivity contribution in [2.45, 2.75) is 52.0 Å². The van der Waals surface area contributed by atoms with Gasteiger partial charge in [-0.05, 0) is 12.5 Å². The van der Waals surface area contributed by atoms with Crippen molar-refractivity contribution in [3.63, 3.8) is 0 Å². The number of carbonyl (C=O) groups excluding carboxylic acids is 1. The summed E-state index contributed by atoms with van der Waals surface area (Å²) in [6.45, 7) is 2.58. The number of alkyl carbamates (subject to hydrolysis) is 1. The van der Waals surface area contributed by atoms with Crippen LogP contribution in [-0.2, 0) is 11.3 Å². The zero-order chi connectivity index (χ0) is 19.8. The molecule has 10 heteroatoms. The van der Waals surface area contributed by atoms with E-state index >= 15 is 0 Å². The van der Waals surface area contributed by atoms with E-state index in [1.165, 1.54) is 25.3 Å². The summed E-state index contributed by atoms with van der Waals surface area (Å²) in [5.74, 6) is -1.20. The van der Waals surface area contributed by atoms with Gasteiger partial charge >= 0.3 is 23.2 Å². The van der Waals surface area contributed by atoms with Gasteiger partial charge in [0.15, 0.2) is 0 Å². The summed E-state index contributed by atoms with van der Waals surface area (Å²) in [5.41, 5.74) is 0.936. The van der Waals surface area contributed by atoms with E-state index in [1.807, 2.05) is 0 Å². The van der Waals surface area contributed by atoms with E-state index in [0.717, 1.165) is 35.3 Å². The molecule has 0 aliphatic heterocycles. The minimum atomic E-state index is -1.20. The van der Waals surface area contributed by atoms with E-state index in [4.69, 9.17) is 4.74 Å². The van der Waals surface area contributed by atoms with E-state index < -0.39 is 23.2 Å². The minimum absolute atomic E-state index is 0.0789. The molecule has 0 atom stereocenters. The summed E-state index contributed by atoms with van der Waals surface area (Å²) in [5, 5.41) is 11.9. The van der Waals surface area contributed by atoms with E-state index in [2.05, 4.69) is 17.7 Å². The number of carboxylic acid groups (broad SMARTS) is 1. The molecule has 0 saturated carbocycles. The van der Waals surface area contributed by atoms with Gasteiger partial charge in [-0.15, -0.1) is 11.3 Å². The molecule has 2 aromatic heterocycles. The topological polar surface area (TPSA) is 127 Å². The first kappa shape index (κ1) is 20.7. The second kappa shape index (κ2) is 9.91. The summed E-state index contributed by atoms with van der Waals surface area (Å²) in [7, 11) is 0. The van der Waals surface area contributed by atoms with Crippen LogP contribution in [0.4, 0.5) is 9.80 Å². The van der Waals surface area contributed by atoms with Crippen LogP contribution in [0.15, 0.2) is 15.7 Å². The first-order valence-corrected chi connectivity index (χ1v) is 9.67. The van der Waals surface area contributed by atoms with Crippen LogP contribution in [0.1, 0.15) is 60.7 Å². The Kier molecular flexibility index (Phi) is 7.59. The molecule has 2 aromatic rings. The number of carboxylic acids is 1. The summed E-state index contributed by atoms with van der Waals surface area (Å²) in [6.07, 6.45) is 5.99. The Morgan fingerprint density at radius 3 is 2.44 bits per heavy atom. The third-order valence-electron chi connectivity index (χ3n) is 3.90. The van der Waals surface area contributed by atoms with Gasteiger partial charge in [-0.25, -0.2) is 9.59 Å². The quantitative estimate of drug-likeness (QED) is 0.370. The lowest BCUT2D eigenvalue weighted by Crippen LogP contribution is -2.23. The molecule has 0 radical (unpaired) electrons. The average molecular weight is 397 g/mol. The van der Waals surface area contributed by atoms with Gasteiger partial charge in [0.2, 0.25) is 0 Å². The number of carbonyl (C=O) groups is 2. The number of amides is 1. The van der Waals surface area contributed by atoms with Crippen molar-refractivity contribution in [2.24, 2.45) is 0 Å². The van der Waals surface area contributed by atoms with Crippen molar-refractivity contribution in [1.82, 2.24) is 9.99 Å². The van der Waals surface area contributed by atoms with Crippen LogP contribution in [0, 0.1) is 0 Å². The molecule has 1 amide bonds. The fourth-order valence-corrected chi connectivity index (χ4v) is 3.34. The molecule has 0 saturated heterocycles. The number of ether oxygens (including phenoxy) is 1. The van der Waals surface area contributed by atoms with Crippen LogP contribution in [0.3, 0.4) is 0 Å². The molecule has 2 heterocycles. The smallest absolute Gasteiger partial charge is 0.407 e. The molecular weight excluding hydrogens is 374 g/mol. The van der Waals surface area contributed by atoms with Crippen molar-refractivity contribution in [3.8, 4) is 0 Å². The number of hydrogen-bond donors (Lipinski definition) is 3. The van der Waals surface area contributed by atoms with E-state index in [-0.39, 0.29) is 17.1 Å². The number of aromatic nitrogens is 1. The predicted octanol–water partition coefficient (Wildman–Crippen LogP) is 2.31. The van der Waals surface area contributed by atoms with Crippen LogP contribution < -0.4 is 21.9 Å². The van der Waals surface area contributed by atoms with Crippen LogP contribution in [0.5, 0.6) is 0 Å². The maximum absolute atomic E-state index is 11.7. The molecule has 0 aromatic carbocycles. The van der Waals surface area contributed by atoms with Crippen LogP contribution in [0.25, 0.3) is 0 Å². The highest BCUT2D eigenvalue weighted by atomic mass is 32.1. The minimum Gasteiger partial charge on any atom is -0.478 e. The molecule has 9 nitrogen and oxygen atoms in total. The van der Waals surface area contributed by atoms with Crippen molar-refractivity contribution < 1.29 is 19.4 Å². The zero-order valence-corrected chi connectivity index (χ0v) is 15.9. The Morgan fingerprint density at radius 2 is 1.81 bits per heavy atom. The number of nitrogens with zero attached hydrogens (tertiary/aromatic N) is 1. The van der Waals surface area contributed by atoms with Crippen molar-refractivity contribution in [3.05, 3.63) is 37.2 Å². The van der Waals surface area contributed by atoms with Gasteiger partial charge in [-0.2, -0.15) is 4.68 Å². The third kappa shape index (κ3) is 6.24. The summed E-state index contributed by atoms with van der Waals surface area (Å²) >= 11 is 1.03. The van der Waals surface area contributed by atoms with Crippen molar-refractivity contribution in [1.29, 1.82) is 0 Å². The Balaban J connectivity index is 1.75. The average Bonchev–Trinajstić information content (AvgIpc) is 3.03. The molecule has 0 spiro atoms. The summed E-state index contributed by atoms with van der Waals surface area (Å²) in [4.78, 5) is 45.6. The van der Waals surface area contributed by atoms with Gasteiger partial charge in [-0.3, -0.25) is 15.0 Å². The number of anilines is 1. The first-order valence-electron chi connectivity index (χ1n) is 8.85. The maximum Gasteiger partial charge on any atom is 0.407 e.